The zero-order valence-corrected chi connectivity index (χ0v) is 12.5. The van der Waals surface area contributed by atoms with Crippen molar-refractivity contribution in [1.82, 2.24) is 9.36 Å². The van der Waals surface area contributed by atoms with E-state index >= 15 is 0 Å². The summed E-state index contributed by atoms with van der Waals surface area (Å²) in [5.41, 5.74) is 1.89. The van der Waals surface area contributed by atoms with Gasteiger partial charge in [0, 0.05) is 28.7 Å². The molecule has 0 radical (unpaired) electrons. The second-order valence-electron chi connectivity index (χ2n) is 4.45. The van der Waals surface area contributed by atoms with E-state index in [9.17, 15) is 4.39 Å². The number of rotatable bonds is 4. The van der Waals surface area contributed by atoms with Crippen LogP contribution in [0.15, 0.2) is 48.5 Å². The van der Waals surface area contributed by atoms with Crippen molar-refractivity contribution in [3.05, 3.63) is 70.8 Å². The van der Waals surface area contributed by atoms with Gasteiger partial charge in [0.2, 0.25) is 5.13 Å². The molecule has 6 heteroatoms. The standard InChI is InChI=1S/C15H11ClFN3S/c16-11-3-7-13(8-4-11)18-15-19-14(20-21-15)9-10-1-5-12(17)6-2-10/h1-8H,9H2,(H,18,19,20). The SMILES string of the molecule is Fc1ccc(Cc2nsc(Nc3ccc(Cl)cc3)n2)cc1. The smallest absolute Gasteiger partial charge is 0.207 e. The highest BCUT2D eigenvalue weighted by molar-refractivity contribution is 7.09. The van der Waals surface area contributed by atoms with Crippen molar-refractivity contribution < 1.29 is 4.39 Å². The van der Waals surface area contributed by atoms with Gasteiger partial charge >= 0.3 is 0 Å². The number of hydrogen-bond acceptors (Lipinski definition) is 4. The van der Waals surface area contributed by atoms with Crippen molar-refractivity contribution in [2.45, 2.75) is 6.42 Å². The molecule has 0 unspecified atom stereocenters. The van der Waals surface area contributed by atoms with E-state index in [0.29, 0.717) is 17.3 Å². The van der Waals surface area contributed by atoms with E-state index in [1.807, 2.05) is 24.3 Å². The van der Waals surface area contributed by atoms with Crippen LogP contribution in [-0.2, 0) is 6.42 Å². The van der Waals surface area contributed by atoms with Crippen molar-refractivity contribution in [1.29, 1.82) is 0 Å². The molecule has 1 N–H and O–H groups in total. The van der Waals surface area contributed by atoms with Crippen molar-refractivity contribution >= 4 is 34.0 Å². The van der Waals surface area contributed by atoms with Gasteiger partial charge in [-0.2, -0.15) is 4.37 Å². The first kappa shape index (κ1) is 14.0. The lowest BCUT2D eigenvalue weighted by molar-refractivity contribution is 0.627. The van der Waals surface area contributed by atoms with Crippen molar-refractivity contribution in [2.75, 3.05) is 5.32 Å². The average molecular weight is 320 g/mol. The lowest BCUT2D eigenvalue weighted by Gasteiger charge is -2.01. The van der Waals surface area contributed by atoms with Crippen LogP contribution in [0.1, 0.15) is 11.4 Å². The molecule has 21 heavy (non-hydrogen) atoms. The molecular formula is C15H11ClFN3S. The Labute approximate surface area is 130 Å². The predicted octanol–water partition coefficient (Wildman–Crippen LogP) is 4.67. The lowest BCUT2D eigenvalue weighted by Crippen LogP contribution is -1.93. The highest BCUT2D eigenvalue weighted by Crippen LogP contribution is 2.21. The number of halogens is 2. The Morgan fingerprint density at radius 2 is 1.76 bits per heavy atom. The van der Waals surface area contributed by atoms with Gasteiger partial charge in [0.15, 0.2) is 0 Å². The van der Waals surface area contributed by atoms with E-state index in [0.717, 1.165) is 16.4 Å². The zero-order chi connectivity index (χ0) is 14.7. The van der Waals surface area contributed by atoms with Crippen LogP contribution >= 0.6 is 23.1 Å². The lowest BCUT2D eigenvalue weighted by atomic mass is 10.1. The number of nitrogens with zero attached hydrogens (tertiary/aromatic N) is 2. The highest BCUT2D eigenvalue weighted by Gasteiger charge is 2.06. The maximum atomic E-state index is 12.9. The molecule has 3 rings (SSSR count). The van der Waals surface area contributed by atoms with E-state index in [4.69, 9.17) is 11.6 Å². The number of benzene rings is 2. The third kappa shape index (κ3) is 3.77. The molecule has 0 aliphatic heterocycles. The summed E-state index contributed by atoms with van der Waals surface area (Å²) in [6, 6.07) is 13.7. The maximum absolute atomic E-state index is 12.9. The van der Waals surface area contributed by atoms with Crippen LogP contribution in [0, 0.1) is 5.82 Å². The Balaban J connectivity index is 1.68. The quantitative estimate of drug-likeness (QED) is 0.759. The van der Waals surface area contributed by atoms with E-state index in [-0.39, 0.29) is 5.82 Å². The Bertz CT molecular complexity index is 663. The van der Waals surface area contributed by atoms with E-state index < -0.39 is 0 Å². The molecule has 106 valence electrons. The van der Waals surface area contributed by atoms with Crippen LogP contribution in [0.25, 0.3) is 0 Å². The topological polar surface area (TPSA) is 37.8 Å². The molecule has 1 aromatic heterocycles. The number of anilines is 2. The average Bonchev–Trinajstić information content (AvgIpc) is 2.91. The normalized spacial score (nSPS) is 10.6. The molecule has 0 saturated carbocycles. The fourth-order valence-electron chi connectivity index (χ4n) is 1.82. The third-order valence-electron chi connectivity index (χ3n) is 2.84. The van der Waals surface area contributed by atoms with Crippen LogP contribution in [0.5, 0.6) is 0 Å². The van der Waals surface area contributed by atoms with Crippen LogP contribution in [-0.4, -0.2) is 9.36 Å². The number of nitrogens with one attached hydrogen (secondary N) is 1. The maximum Gasteiger partial charge on any atom is 0.207 e. The van der Waals surface area contributed by atoms with Gasteiger partial charge < -0.3 is 5.32 Å². The zero-order valence-electron chi connectivity index (χ0n) is 10.9. The van der Waals surface area contributed by atoms with Crippen molar-refractivity contribution in [3.8, 4) is 0 Å². The molecule has 1 heterocycles. The molecule has 0 bridgehead atoms. The molecule has 0 fully saturated rings. The van der Waals surface area contributed by atoms with Crippen molar-refractivity contribution in [2.24, 2.45) is 0 Å². The van der Waals surface area contributed by atoms with Gasteiger partial charge in [0.1, 0.15) is 11.6 Å². The summed E-state index contributed by atoms with van der Waals surface area (Å²) in [6.07, 6.45) is 0.582. The van der Waals surface area contributed by atoms with Gasteiger partial charge in [-0.1, -0.05) is 23.7 Å². The van der Waals surface area contributed by atoms with Crippen LogP contribution < -0.4 is 5.32 Å². The van der Waals surface area contributed by atoms with Gasteiger partial charge in [-0.15, -0.1) is 0 Å². The number of hydrogen-bond donors (Lipinski definition) is 1. The van der Waals surface area contributed by atoms with Gasteiger partial charge in [-0.3, -0.25) is 0 Å². The summed E-state index contributed by atoms with van der Waals surface area (Å²) < 4.78 is 17.1. The summed E-state index contributed by atoms with van der Waals surface area (Å²) in [4.78, 5) is 4.42. The van der Waals surface area contributed by atoms with Gasteiger partial charge in [-0.25, -0.2) is 9.37 Å². The fourth-order valence-corrected chi connectivity index (χ4v) is 2.55. The molecule has 0 spiro atoms. The van der Waals surface area contributed by atoms with Crippen LogP contribution in [0.3, 0.4) is 0 Å². The van der Waals surface area contributed by atoms with Gasteiger partial charge in [-0.05, 0) is 42.0 Å². The van der Waals surface area contributed by atoms with Gasteiger partial charge in [0.25, 0.3) is 0 Å². The molecule has 0 saturated heterocycles. The predicted molar refractivity (Wildman–Crippen MR) is 83.8 cm³/mol. The summed E-state index contributed by atoms with van der Waals surface area (Å²) in [7, 11) is 0. The molecule has 3 nitrogen and oxygen atoms in total. The molecule has 0 atom stereocenters. The first-order valence-electron chi connectivity index (χ1n) is 6.29. The van der Waals surface area contributed by atoms with E-state index in [2.05, 4.69) is 14.7 Å². The monoisotopic (exact) mass is 319 g/mol. The van der Waals surface area contributed by atoms with Gasteiger partial charge in [0.05, 0.1) is 0 Å². The molecule has 0 aliphatic rings. The number of aromatic nitrogens is 2. The van der Waals surface area contributed by atoms with Crippen molar-refractivity contribution in [3.63, 3.8) is 0 Å². The minimum Gasteiger partial charge on any atom is -0.330 e. The molecule has 3 aromatic rings. The van der Waals surface area contributed by atoms with E-state index in [1.54, 1.807) is 12.1 Å². The fraction of sp³-hybridized carbons (Fsp3) is 0.0667. The Kier molecular flexibility index (Phi) is 4.13. The largest absolute Gasteiger partial charge is 0.330 e. The highest BCUT2D eigenvalue weighted by atomic mass is 35.5. The Morgan fingerprint density at radius 1 is 1.05 bits per heavy atom. The second-order valence-corrected chi connectivity index (χ2v) is 5.64. The summed E-state index contributed by atoms with van der Waals surface area (Å²) in [5, 5.41) is 4.58. The third-order valence-corrected chi connectivity index (χ3v) is 3.76. The first-order chi connectivity index (χ1) is 10.2. The summed E-state index contributed by atoms with van der Waals surface area (Å²) in [5.74, 6) is 0.471. The van der Waals surface area contributed by atoms with Crippen LogP contribution in [0.4, 0.5) is 15.2 Å². The first-order valence-corrected chi connectivity index (χ1v) is 7.44. The molecule has 2 aromatic carbocycles. The Hall–Kier alpha value is -1.98. The summed E-state index contributed by atoms with van der Waals surface area (Å²) >= 11 is 7.13. The van der Waals surface area contributed by atoms with E-state index in [1.165, 1.54) is 23.7 Å². The minimum atomic E-state index is -0.241. The minimum absolute atomic E-state index is 0.241. The molecular weight excluding hydrogens is 309 g/mol. The van der Waals surface area contributed by atoms with Crippen LogP contribution in [0.2, 0.25) is 5.02 Å². The second kappa shape index (κ2) is 6.20. The molecule has 0 amide bonds. The molecule has 0 aliphatic carbocycles. The Morgan fingerprint density at radius 3 is 2.48 bits per heavy atom. The summed E-state index contributed by atoms with van der Waals surface area (Å²) in [6.45, 7) is 0.